The summed E-state index contributed by atoms with van der Waals surface area (Å²) in [5.74, 6) is -8.88. The summed E-state index contributed by atoms with van der Waals surface area (Å²) in [6.45, 7) is 4.26. The first-order chi connectivity index (χ1) is 28.5. The van der Waals surface area contributed by atoms with Gasteiger partial charge < -0.3 is 48.1 Å². The maximum Gasteiger partial charge on any atom is 0.305 e. The Morgan fingerprint density at radius 1 is 0.617 bits per heavy atom. The lowest BCUT2D eigenvalue weighted by molar-refractivity contribution is -0.141. The van der Waals surface area contributed by atoms with Gasteiger partial charge in [0.15, 0.2) is 23.3 Å². The van der Waals surface area contributed by atoms with E-state index in [4.69, 9.17) is 11.5 Å². The second kappa shape index (κ2) is 33.3. The van der Waals surface area contributed by atoms with Crippen LogP contribution in [0.3, 0.4) is 0 Å². The molecule has 0 fully saturated rings. The number of aliphatic hydroxyl groups excluding tert-OH is 2. The van der Waals surface area contributed by atoms with Crippen LogP contribution in [0.2, 0.25) is 0 Å². The zero-order valence-corrected chi connectivity index (χ0v) is 36.4. The van der Waals surface area contributed by atoms with Crippen molar-refractivity contribution >= 4 is 52.9 Å². The van der Waals surface area contributed by atoms with Gasteiger partial charge in [-0.25, -0.2) is 0 Å². The Balaban J connectivity index is 5.17. The number of hydrogen-bond acceptors (Lipinski definition) is 11. The van der Waals surface area contributed by atoms with Crippen molar-refractivity contribution in [2.24, 2.45) is 28.3 Å². The number of carboxylic acids is 1. The monoisotopic (exact) mass is 854 g/mol. The lowest BCUT2D eigenvalue weighted by Gasteiger charge is -2.24. The van der Waals surface area contributed by atoms with Gasteiger partial charge >= 0.3 is 5.97 Å². The van der Waals surface area contributed by atoms with Crippen LogP contribution < -0.4 is 32.7 Å². The molecule has 0 aromatic heterocycles. The average molecular weight is 854 g/mol. The van der Waals surface area contributed by atoms with E-state index in [-0.39, 0.29) is 49.9 Å². The lowest BCUT2D eigenvalue weighted by atomic mass is 9.91. The van der Waals surface area contributed by atoms with Gasteiger partial charge in [0.25, 0.3) is 0 Å². The number of nitrogens with zero attached hydrogens (tertiary/aromatic N) is 1. The largest absolute Gasteiger partial charge is 0.481 e. The molecule has 0 bridgehead atoms. The molecule has 0 aromatic carbocycles. The normalized spacial score (nSPS) is 14.0. The molecular formula is C42H75N7O11. The standard InChI is InChI=1S/C42H75N7O11/c1-5-6-7-8-9-10-11-12-13-14-15-16-17-20-37(55)47-28(2)34(52)21-22-38(56)48-32(19-18-23-46-42(43)44)35(53)24-30(27-50)40(59)49-33(26-39(57)58)36(54)25-31(29(3)51)41(60)45-4/h28-33,50-51H,5-27H2,1-4H3,(H,45,60)(H,47,55)(H,48,56)(H,49,59)(H,57,58)(H4,43,44,46)/t28-,29+,30-,31-,32-,33-/m0/s1. The van der Waals surface area contributed by atoms with E-state index in [1.165, 1.54) is 71.8 Å². The first-order valence-corrected chi connectivity index (χ1v) is 21.7. The van der Waals surface area contributed by atoms with E-state index >= 15 is 0 Å². The van der Waals surface area contributed by atoms with Crippen LogP contribution in [0, 0.1) is 11.8 Å². The van der Waals surface area contributed by atoms with Gasteiger partial charge in [-0.2, -0.15) is 0 Å². The summed E-state index contributed by atoms with van der Waals surface area (Å²) >= 11 is 0. The molecule has 0 saturated carbocycles. The number of nitrogens with two attached hydrogens (primary N) is 2. The highest BCUT2D eigenvalue weighted by Crippen LogP contribution is 2.16. The summed E-state index contributed by atoms with van der Waals surface area (Å²) < 4.78 is 0. The number of guanidine groups is 1. The fraction of sp³-hybridized carbons (Fsp3) is 0.786. The molecule has 0 saturated heterocycles. The number of aliphatic carboxylic acids is 1. The number of nitrogens with one attached hydrogen (secondary N) is 4. The van der Waals surface area contributed by atoms with E-state index in [9.17, 15) is 53.7 Å². The summed E-state index contributed by atoms with van der Waals surface area (Å²) in [5, 5.41) is 39.2. The summed E-state index contributed by atoms with van der Waals surface area (Å²) in [6, 6.07) is -3.67. The minimum absolute atomic E-state index is 0.0150. The molecule has 11 N–H and O–H groups in total. The Hall–Kier alpha value is -4.45. The Bertz CT molecular complexity index is 1370. The van der Waals surface area contributed by atoms with Crippen molar-refractivity contribution in [1.82, 2.24) is 21.3 Å². The number of rotatable bonds is 37. The molecule has 0 aliphatic carbocycles. The van der Waals surface area contributed by atoms with Crippen molar-refractivity contribution in [2.45, 2.75) is 180 Å². The molecular weight excluding hydrogens is 778 g/mol. The van der Waals surface area contributed by atoms with Crippen molar-refractivity contribution in [3.8, 4) is 0 Å². The third kappa shape index (κ3) is 26.6. The van der Waals surface area contributed by atoms with Crippen molar-refractivity contribution < 1.29 is 53.7 Å². The fourth-order valence-corrected chi connectivity index (χ4v) is 6.60. The molecule has 0 spiro atoms. The van der Waals surface area contributed by atoms with Crippen LogP contribution in [0.15, 0.2) is 4.99 Å². The summed E-state index contributed by atoms with van der Waals surface area (Å²) in [5.41, 5.74) is 10.8. The van der Waals surface area contributed by atoms with Crippen LogP contribution >= 0.6 is 0 Å². The Labute approximate surface area is 355 Å². The van der Waals surface area contributed by atoms with E-state index in [0.717, 1.165) is 19.3 Å². The van der Waals surface area contributed by atoms with Gasteiger partial charge in [0.1, 0.15) is 0 Å². The number of carbonyl (C=O) groups excluding carboxylic acids is 7. The maximum atomic E-state index is 13.5. The van der Waals surface area contributed by atoms with Crippen molar-refractivity contribution in [3.63, 3.8) is 0 Å². The van der Waals surface area contributed by atoms with Crippen molar-refractivity contribution in [3.05, 3.63) is 0 Å². The molecule has 0 aromatic rings. The molecule has 0 radical (unpaired) electrons. The number of unbranched alkanes of at least 4 members (excludes halogenated alkanes) is 12. The van der Waals surface area contributed by atoms with Crippen LogP contribution in [0.4, 0.5) is 0 Å². The van der Waals surface area contributed by atoms with Gasteiger partial charge in [-0.1, -0.05) is 84.0 Å². The van der Waals surface area contributed by atoms with E-state index < -0.39 is 97.2 Å². The van der Waals surface area contributed by atoms with Gasteiger partial charge in [0.2, 0.25) is 23.6 Å². The maximum absolute atomic E-state index is 13.5. The van der Waals surface area contributed by atoms with Gasteiger partial charge in [-0.15, -0.1) is 0 Å². The Kier molecular flexibility index (Phi) is 30.8. The summed E-state index contributed by atoms with van der Waals surface area (Å²) in [7, 11) is 1.29. The second-order valence-corrected chi connectivity index (χ2v) is 15.7. The number of amides is 4. The van der Waals surface area contributed by atoms with Crippen LogP contribution in [-0.2, 0) is 38.4 Å². The number of aliphatic imine (C=N–C) groups is 1. The number of hydrogen-bond donors (Lipinski definition) is 9. The molecule has 60 heavy (non-hydrogen) atoms. The topological polar surface area (TPSA) is 310 Å². The molecule has 0 heterocycles. The summed E-state index contributed by atoms with van der Waals surface area (Å²) in [6.07, 6.45) is 12.0. The number of Topliss-reactive ketones (excluding diaryl/α,β-unsaturated/α-hetero) is 3. The first-order valence-electron chi connectivity index (χ1n) is 21.7. The SMILES string of the molecule is CCCCCCCCCCCCCCCC(=O)N[C@@H](C)C(=O)CCC(=O)N[C@@H](CCCN=C(N)N)C(=O)C[C@@H](CO)C(=O)N[C@@H](CC(=O)O)C(=O)C[C@H](C(=O)NC)[C@@H](C)O. The van der Waals surface area contributed by atoms with Gasteiger partial charge in [0, 0.05) is 45.7 Å². The molecule has 0 unspecified atom stereocenters. The highest BCUT2D eigenvalue weighted by Gasteiger charge is 2.34. The Morgan fingerprint density at radius 3 is 1.65 bits per heavy atom. The fourth-order valence-electron chi connectivity index (χ4n) is 6.60. The van der Waals surface area contributed by atoms with Crippen LogP contribution in [-0.4, -0.2) is 113 Å². The highest BCUT2D eigenvalue weighted by molar-refractivity contribution is 5.97. The third-order valence-electron chi connectivity index (χ3n) is 10.3. The van der Waals surface area contributed by atoms with E-state index in [1.807, 2.05) is 0 Å². The number of carboxylic acid groups (broad SMARTS) is 1. The number of carbonyl (C=O) groups is 8. The van der Waals surface area contributed by atoms with Crippen LogP contribution in [0.25, 0.3) is 0 Å². The number of ketones is 3. The van der Waals surface area contributed by atoms with Gasteiger partial charge in [-0.3, -0.25) is 43.3 Å². The zero-order chi connectivity index (χ0) is 45.5. The van der Waals surface area contributed by atoms with E-state index in [2.05, 4.69) is 33.2 Å². The molecule has 4 amide bonds. The Morgan fingerprint density at radius 2 is 1.15 bits per heavy atom. The van der Waals surface area contributed by atoms with Crippen LogP contribution in [0.1, 0.15) is 156 Å². The highest BCUT2D eigenvalue weighted by atomic mass is 16.4. The summed E-state index contributed by atoms with van der Waals surface area (Å²) in [4.78, 5) is 105. The molecule has 0 rings (SSSR count). The number of aliphatic hydroxyl groups is 2. The minimum Gasteiger partial charge on any atom is -0.481 e. The smallest absolute Gasteiger partial charge is 0.305 e. The molecule has 0 aliphatic rings. The lowest BCUT2D eigenvalue weighted by Crippen LogP contribution is -2.48. The molecule has 344 valence electrons. The minimum atomic E-state index is -1.65. The second-order valence-electron chi connectivity index (χ2n) is 15.7. The van der Waals surface area contributed by atoms with E-state index in [0.29, 0.717) is 12.8 Å². The quantitative estimate of drug-likeness (QED) is 0.0246. The van der Waals surface area contributed by atoms with Crippen LogP contribution in [0.5, 0.6) is 0 Å². The molecule has 6 atom stereocenters. The predicted molar refractivity (Wildman–Crippen MR) is 227 cm³/mol. The van der Waals surface area contributed by atoms with Crippen molar-refractivity contribution in [2.75, 3.05) is 20.2 Å². The predicted octanol–water partition coefficient (Wildman–Crippen LogP) is 2.09. The van der Waals surface area contributed by atoms with E-state index in [1.54, 1.807) is 6.92 Å². The van der Waals surface area contributed by atoms with Gasteiger partial charge in [0.05, 0.1) is 49.1 Å². The first kappa shape index (κ1) is 55.5. The molecule has 18 heteroatoms. The molecule has 0 aliphatic heterocycles. The average Bonchev–Trinajstić information content (AvgIpc) is 3.19. The van der Waals surface area contributed by atoms with Gasteiger partial charge in [-0.05, 0) is 33.1 Å². The zero-order valence-electron chi connectivity index (χ0n) is 36.4. The molecule has 18 nitrogen and oxygen atoms in total. The van der Waals surface area contributed by atoms with Crippen molar-refractivity contribution in [1.29, 1.82) is 0 Å². The third-order valence-corrected chi connectivity index (χ3v) is 10.3.